The van der Waals surface area contributed by atoms with E-state index in [-0.39, 0.29) is 6.03 Å². The van der Waals surface area contributed by atoms with Gasteiger partial charge >= 0.3 is 6.03 Å². The molecule has 19 heavy (non-hydrogen) atoms. The van der Waals surface area contributed by atoms with Gasteiger partial charge in [0, 0.05) is 31.2 Å². The Bertz CT molecular complexity index is 487. The number of hydrogen-bond acceptors (Lipinski definition) is 5. The van der Waals surface area contributed by atoms with Crippen molar-refractivity contribution in [3.05, 3.63) is 11.6 Å². The first-order chi connectivity index (χ1) is 8.93. The molecule has 1 aromatic heterocycles. The third kappa shape index (κ3) is 5.99. The number of hydrogen-bond donors (Lipinski definition) is 2. The zero-order valence-electron chi connectivity index (χ0n) is 10.9. The molecule has 0 aliphatic heterocycles. The molecule has 7 nitrogen and oxygen atoms in total. The van der Waals surface area contributed by atoms with Crippen LogP contribution in [0.15, 0.2) is 11.6 Å². The molecule has 0 bridgehead atoms. The van der Waals surface area contributed by atoms with Crippen LogP contribution in [0.25, 0.3) is 0 Å². The van der Waals surface area contributed by atoms with Crippen molar-refractivity contribution in [1.29, 1.82) is 0 Å². The Morgan fingerprint density at radius 3 is 2.79 bits per heavy atom. The van der Waals surface area contributed by atoms with E-state index in [4.69, 9.17) is 0 Å². The van der Waals surface area contributed by atoms with Gasteiger partial charge in [-0.3, -0.25) is 5.32 Å². The Morgan fingerprint density at radius 1 is 1.53 bits per heavy atom. The summed E-state index contributed by atoms with van der Waals surface area (Å²) >= 11 is 1.33. The molecule has 1 aromatic rings. The molecule has 0 saturated heterocycles. The third-order valence-electron chi connectivity index (χ3n) is 2.34. The normalized spacial score (nSPS) is 11.5. The largest absolute Gasteiger partial charge is 0.338 e. The molecule has 0 fully saturated rings. The summed E-state index contributed by atoms with van der Waals surface area (Å²) in [5.41, 5.74) is 0. The lowest BCUT2D eigenvalue weighted by Crippen LogP contribution is -2.34. The van der Waals surface area contributed by atoms with Crippen molar-refractivity contribution >= 4 is 32.5 Å². The van der Waals surface area contributed by atoms with Crippen molar-refractivity contribution in [3.63, 3.8) is 0 Å². The van der Waals surface area contributed by atoms with Crippen LogP contribution in [-0.4, -0.2) is 49.6 Å². The SMILES string of the molecule is CCN(CCCNC(=O)Nc1nccs1)S(C)(=O)=O. The second-order valence-corrected chi connectivity index (χ2v) is 6.70. The van der Waals surface area contributed by atoms with Crippen molar-refractivity contribution in [2.75, 3.05) is 31.2 Å². The lowest BCUT2D eigenvalue weighted by Gasteiger charge is -2.17. The van der Waals surface area contributed by atoms with E-state index < -0.39 is 10.0 Å². The van der Waals surface area contributed by atoms with Crippen LogP contribution < -0.4 is 10.6 Å². The van der Waals surface area contributed by atoms with Gasteiger partial charge in [0.25, 0.3) is 0 Å². The number of carbonyl (C=O) groups is 1. The zero-order valence-corrected chi connectivity index (χ0v) is 12.6. The second kappa shape index (κ2) is 7.41. The van der Waals surface area contributed by atoms with Crippen molar-refractivity contribution in [3.8, 4) is 0 Å². The molecular formula is C10H18N4O3S2. The summed E-state index contributed by atoms with van der Waals surface area (Å²) in [5.74, 6) is 0. The number of amides is 2. The van der Waals surface area contributed by atoms with E-state index in [9.17, 15) is 13.2 Å². The Hall–Kier alpha value is -1.19. The molecule has 0 aromatic carbocycles. The van der Waals surface area contributed by atoms with Gasteiger partial charge in [-0.25, -0.2) is 22.5 Å². The van der Waals surface area contributed by atoms with Crippen molar-refractivity contribution in [2.45, 2.75) is 13.3 Å². The van der Waals surface area contributed by atoms with Crippen molar-refractivity contribution in [1.82, 2.24) is 14.6 Å². The predicted molar refractivity (Wildman–Crippen MR) is 75.8 cm³/mol. The van der Waals surface area contributed by atoms with Crippen LogP contribution in [0.1, 0.15) is 13.3 Å². The summed E-state index contributed by atoms with van der Waals surface area (Å²) in [6, 6.07) is -0.336. The van der Waals surface area contributed by atoms with Gasteiger partial charge in [0.2, 0.25) is 10.0 Å². The highest BCUT2D eigenvalue weighted by Crippen LogP contribution is 2.09. The smallest absolute Gasteiger partial charge is 0.321 e. The molecule has 9 heteroatoms. The number of aromatic nitrogens is 1. The highest BCUT2D eigenvalue weighted by molar-refractivity contribution is 7.88. The molecule has 0 radical (unpaired) electrons. The quantitative estimate of drug-likeness (QED) is 0.733. The monoisotopic (exact) mass is 306 g/mol. The number of rotatable bonds is 7. The van der Waals surface area contributed by atoms with Gasteiger partial charge < -0.3 is 5.32 Å². The summed E-state index contributed by atoms with van der Waals surface area (Å²) in [4.78, 5) is 15.4. The van der Waals surface area contributed by atoms with Gasteiger partial charge in [-0.15, -0.1) is 11.3 Å². The molecular weight excluding hydrogens is 288 g/mol. The summed E-state index contributed by atoms with van der Waals surface area (Å²) in [6.07, 6.45) is 3.34. The van der Waals surface area contributed by atoms with Gasteiger partial charge in [-0.05, 0) is 6.42 Å². The molecule has 108 valence electrons. The number of carbonyl (C=O) groups excluding carboxylic acids is 1. The molecule has 1 rings (SSSR count). The van der Waals surface area contributed by atoms with Gasteiger partial charge in [0.05, 0.1) is 6.26 Å². The third-order valence-corrected chi connectivity index (χ3v) is 4.41. The van der Waals surface area contributed by atoms with E-state index >= 15 is 0 Å². The molecule has 0 spiro atoms. The van der Waals surface area contributed by atoms with Crippen LogP contribution in [0.5, 0.6) is 0 Å². The number of nitrogens with zero attached hydrogens (tertiary/aromatic N) is 2. The Kier molecular flexibility index (Phi) is 6.19. The van der Waals surface area contributed by atoms with Gasteiger partial charge in [0.15, 0.2) is 5.13 Å². The van der Waals surface area contributed by atoms with E-state index in [0.717, 1.165) is 0 Å². The van der Waals surface area contributed by atoms with Crippen LogP contribution in [0.2, 0.25) is 0 Å². The number of urea groups is 1. The van der Waals surface area contributed by atoms with E-state index in [1.54, 1.807) is 18.5 Å². The summed E-state index contributed by atoms with van der Waals surface area (Å²) in [5, 5.41) is 7.52. The molecule has 1 heterocycles. The molecule has 0 atom stereocenters. The Balaban J connectivity index is 2.22. The minimum Gasteiger partial charge on any atom is -0.338 e. The highest BCUT2D eigenvalue weighted by Gasteiger charge is 2.13. The number of sulfonamides is 1. The first-order valence-corrected chi connectivity index (χ1v) is 8.55. The zero-order chi connectivity index (χ0) is 14.3. The van der Waals surface area contributed by atoms with Gasteiger partial charge in [-0.1, -0.05) is 6.92 Å². The summed E-state index contributed by atoms with van der Waals surface area (Å²) in [6.45, 7) is 3.02. The molecule has 2 amide bonds. The first kappa shape index (κ1) is 15.9. The van der Waals surface area contributed by atoms with Crippen molar-refractivity contribution < 1.29 is 13.2 Å². The van der Waals surface area contributed by atoms with E-state index in [1.807, 2.05) is 0 Å². The first-order valence-electron chi connectivity index (χ1n) is 5.83. The maximum Gasteiger partial charge on any atom is 0.321 e. The summed E-state index contributed by atoms with van der Waals surface area (Å²) < 4.78 is 24.0. The van der Waals surface area contributed by atoms with E-state index in [1.165, 1.54) is 21.9 Å². The topological polar surface area (TPSA) is 91.4 Å². The maximum absolute atomic E-state index is 11.4. The lowest BCUT2D eigenvalue weighted by atomic mass is 10.4. The van der Waals surface area contributed by atoms with Crippen LogP contribution in [-0.2, 0) is 10.0 Å². The summed E-state index contributed by atoms with van der Waals surface area (Å²) in [7, 11) is -3.16. The average Bonchev–Trinajstić information content (AvgIpc) is 2.80. The molecule has 2 N–H and O–H groups in total. The molecule has 0 saturated carbocycles. The number of thiazole rings is 1. The minimum absolute atomic E-state index is 0.336. The number of nitrogens with one attached hydrogen (secondary N) is 2. The van der Waals surface area contributed by atoms with Crippen LogP contribution >= 0.6 is 11.3 Å². The number of anilines is 1. The lowest BCUT2D eigenvalue weighted by molar-refractivity contribution is 0.251. The predicted octanol–water partition coefficient (Wildman–Crippen LogP) is 0.936. The average molecular weight is 306 g/mol. The molecule has 0 aliphatic rings. The van der Waals surface area contributed by atoms with Gasteiger partial charge in [0.1, 0.15) is 0 Å². The minimum atomic E-state index is -3.16. The Labute approximate surface area is 117 Å². The highest BCUT2D eigenvalue weighted by atomic mass is 32.2. The van der Waals surface area contributed by atoms with Gasteiger partial charge in [-0.2, -0.15) is 0 Å². The van der Waals surface area contributed by atoms with Crippen molar-refractivity contribution in [2.24, 2.45) is 0 Å². The van der Waals surface area contributed by atoms with Crippen LogP contribution in [0.3, 0.4) is 0 Å². The van der Waals surface area contributed by atoms with Crippen LogP contribution in [0, 0.1) is 0 Å². The fourth-order valence-electron chi connectivity index (χ4n) is 1.44. The maximum atomic E-state index is 11.4. The molecule has 0 unspecified atom stereocenters. The fourth-order valence-corrected chi connectivity index (χ4v) is 2.90. The second-order valence-electron chi connectivity index (χ2n) is 3.83. The van der Waals surface area contributed by atoms with E-state index in [0.29, 0.717) is 31.2 Å². The standard InChI is InChI=1S/C10H18N4O3S2/c1-3-14(19(2,16)17)7-4-5-11-9(15)13-10-12-6-8-18-10/h6,8H,3-5,7H2,1-2H3,(H2,11,12,13,15). The molecule has 0 aliphatic carbocycles. The van der Waals surface area contributed by atoms with E-state index in [2.05, 4.69) is 15.6 Å². The fraction of sp³-hybridized carbons (Fsp3) is 0.600. The Morgan fingerprint density at radius 2 is 2.26 bits per heavy atom. The van der Waals surface area contributed by atoms with Crippen LogP contribution in [0.4, 0.5) is 9.93 Å².